The molecule has 0 unspecified atom stereocenters. The van der Waals surface area contributed by atoms with Crippen LogP contribution in [0.25, 0.3) is 0 Å². The van der Waals surface area contributed by atoms with Crippen LogP contribution in [0, 0.1) is 5.92 Å². The molecule has 5 N–H and O–H groups in total. The van der Waals surface area contributed by atoms with Crippen molar-refractivity contribution < 1.29 is 24.6 Å². The van der Waals surface area contributed by atoms with Gasteiger partial charge in [0.15, 0.2) is 0 Å². The van der Waals surface area contributed by atoms with Crippen LogP contribution < -0.4 is 16.0 Å². The molecule has 0 fully saturated rings. The molecular formula is C28H38ClN3O5. The molecule has 8 nitrogen and oxygen atoms in total. The van der Waals surface area contributed by atoms with Crippen molar-refractivity contribution in [2.75, 3.05) is 25.0 Å². The van der Waals surface area contributed by atoms with Gasteiger partial charge in [-0.05, 0) is 79.6 Å². The molecule has 0 aromatic heterocycles. The molecule has 2 aromatic rings. The highest BCUT2D eigenvalue weighted by molar-refractivity contribution is 6.33. The second-order valence-corrected chi connectivity index (χ2v) is 9.85. The molecule has 9 heteroatoms. The van der Waals surface area contributed by atoms with Crippen LogP contribution in [0.1, 0.15) is 66.6 Å². The number of carboxylic acid groups (broad SMARTS) is 2. The maximum absolute atomic E-state index is 12.3. The first-order valence-corrected chi connectivity index (χ1v) is 13.1. The van der Waals surface area contributed by atoms with E-state index in [0.717, 1.165) is 61.6 Å². The zero-order chi connectivity index (χ0) is 27.2. The van der Waals surface area contributed by atoms with E-state index in [2.05, 4.69) is 35.9 Å². The Morgan fingerprint density at radius 2 is 1.62 bits per heavy atom. The average Bonchev–Trinajstić information content (AvgIpc) is 3.11. The number of amides is 1. The van der Waals surface area contributed by atoms with Gasteiger partial charge in [-0.25, -0.2) is 0 Å². The van der Waals surface area contributed by atoms with Crippen molar-refractivity contribution >= 4 is 35.1 Å². The highest BCUT2D eigenvalue weighted by atomic mass is 35.5. The zero-order valence-corrected chi connectivity index (χ0v) is 22.4. The average molecular weight is 532 g/mol. The van der Waals surface area contributed by atoms with Crippen LogP contribution >= 0.6 is 11.6 Å². The molecule has 0 saturated carbocycles. The van der Waals surface area contributed by atoms with Crippen LogP contribution in [0.4, 0.5) is 5.69 Å². The summed E-state index contributed by atoms with van der Waals surface area (Å²) in [5.41, 5.74) is 5.56. The summed E-state index contributed by atoms with van der Waals surface area (Å²) in [6, 6.07) is 11.9. The third kappa shape index (κ3) is 11.2. The first-order valence-electron chi connectivity index (χ1n) is 12.7. The topological polar surface area (TPSA) is 128 Å². The van der Waals surface area contributed by atoms with E-state index in [1.807, 2.05) is 30.3 Å². The third-order valence-corrected chi connectivity index (χ3v) is 6.28. The lowest BCUT2D eigenvalue weighted by Crippen LogP contribution is -2.24. The summed E-state index contributed by atoms with van der Waals surface area (Å²) in [5.74, 6) is -1.49. The first kappa shape index (κ1) is 30.1. The number of rotatable bonds is 11. The van der Waals surface area contributed by atoms with Gasteiger partial charge in [-0.1, -0.05) is 43.6 Å². The molecule has 1 aliphatic rings. The molecule has 37 heavy (non-hydrogen) atoms. The van der Waals surface area contributed by atoms with Gasteiger partial charge in [0, 0.05) is 18.7 Å². The minimum atomic E-state index is -1.08. The molecule has 1 amide bonds. The largest absolute Gasteiger partial charge is 0.481 e. The number of halogens is 1. The van der Waals surface area contributed by atoms with Gasteiger partial charge in [0.25, 0.3) is 5.91 Å². The number of aliphatic carboxylic acids is 2. The van der Waals surface area contributed by atoms with Crippen molar-refractivity contribution in [3.63, 3.8) is 0 Å². The predicted octanol–water partition coefficient (Wildman–Crippen LogP) is 4.74. The van der Waals surface area contributed by atoms with E-state index in [1.165, 1.54) is 11.1 Å². The quantitative estimate of drug-likeness (QED) is 0.265. The van der Waals surface area contributed by atoms with Gasteiger partial charge in [0.05, 0.1) is 23.6 Å². The third-order valence-electron chi connectivity index (χ3n) is 5.96. The van der Waals surface area contributed by atoms with E-state index < -0.39 is 11.9 Å². The van der Waals surface area contributed by atoms with Gasteiger partial charge in [0.2, 0.25) is 0 Å². The van der Waals surface area contributed by atoms with E-state index in [4.69, 9.17) is 21.8 Å². The first-order chi connectivity index (χ1) is 17.7. The maximum Gasteiger partial charge on any atom is 0.303 e. The van der Waals surface area contributed by atoms with E-state index in [-0.39, 0.29) is 18.7 Å². The lowest BCUT2D eigenvalue weighted by Gasteiger charge is -2.16. The SMILES string of the molecule is CC(C)CCCNC(=O)c1ccc(CNc2c(Cl)ccc3c2CCNCC3)cc1.O=C(O)CCC(=O)O. The van der Waals surface area contributed by atoms with Crippen molar-refractivity contribution in [3.05, 3.63) is 63.7 Å². The van der Waals surface area contributed by atoms with E-state index >= 15 is 0 Å². The normalized spacial score (nSPS) is 12.5. The molecule has 1 heterocycles. The summed E-state index contributed by atoms with van der Waals surface area (Å²) >= 11 is 6.49. The van der Waals surface area contributed by atoms with Crippen molar-refractivity contribution in [1.82, 2.24) is 10.6 Å². The molecular weight excluding hydrogens is 494 g/mol. The van der Waals surface area contributed by atoms with Gasteiger partial charge >= 0.3 is 11.9 Å². The molecule has 0 saturated heterocycles. The van der Waals surface area contributed by atoms with Crippen molar-refractivity contribution in [2.45, 2.75) is 58.9 Å². The summed E-state index contributed by atoms with van der Waals surface area (Å²) < 4.78 is 0. The van der Waals surface area contributed by atoms with Gasteiger partial charge < -0.3 is 26.2 Å². The zero-order valence-electron chi connectivity index (χ0n) is 21.6. The second-order valence-electron chi connectivity index (χ2n) is 9.44. The highest BCUT2D eigenvalue weighted by Crippen LogP contribution is 2.31. The van der Waals surface area contributed by atoms with Gasteiger partial charge in [0.1, 0.15) is 0 Å². The standard InChI is InChI=1S/C24H32ClN3O.C4H6O4/c1-17(2)4-3-13-27-24(29)20-7-5-18(6-8-20)16-28-23-21-12-15-26-14-11-19(21)9-10-22(23)25;5-3(6)1-2-4(7)8/h5-10,17,26,28H,3-4,11-16H2,1-2H3,(H,27,29);1-2H2,(H,5,6)(H,7,8). The van der Waals surface area contributed by atoms with Crippen LogP contribution in [0.5, 0.6) is 0 Å². The predicted molar refractivity (Wildman–Crippen MR) is 146 cm³/mol. The monoisotopic (exact) mass is 531 g/mol. The minimum Gasteiger partial charge on any atom is -0.481 e. The summed E-state index contributed by atoms with van der Waals surface area (Å²) in [4.78, 5) is 31.5. The number of benzene rings is 2. The minimum absolute atomic E-state index is 0.00260. The number of carbonyl (C=O) groups excluding carboxylic acids is 1. The Morgan fingerprint density at radius 3 is 2.24 bits per heavy atom. The Bertz CT molecular complexity index is 1030. The fourth-order valence-electron chi connectivity index (χ4n) is 3.93. The van der Waals surface area contributed by atoms with Crippen molar-refractivity contribution in [3.8, 4) is 0 Å². The summed E-state index contributed by atoms with van der Waals surface area (Å²) in [5, 5.41) is 26.5. The molecule has 0 atom stereocenters. The fourth-order valence-corrected chi connectivity index (χ4v) is 4.17. The maximum atomic E-state index is 12.3. The summed E-state index contributed by atoms with van der Waals surface area (Å²) in [7, 11) is 0. The fraction of sp³-hybridized carbons (Fsp3) is 0.464. The van der Waals surface area contributed by atoms with E-state index in [0.29, 0.717) is 18.0 Å². The molecule has 202 valence electrons. The number of fused-ring (bicyclic) bond motifs is 1. The van der Waals surface area contributed by atoms with Crippen molar-refractivity contribution in [1.29, 1.82) is 0 Å². The van der Waals surface area contributed by atoms with Crippen LogP contribution in [0.15, 0.2) is 36.4 Å². The molecule has 0 bridgehead atoms. The number of hydrogen-bond acceptors (Lipinski definition) is 5. The molecule has 2 aromatic carbocycles. The van der Waals surface area contributed by atoms with Crippen molar-refractivity contribution in [2.24, 2.45) is 5.92 Å². The van der Waals surface area contributed by atoms with Gasteiger partial charge in [-0.15, -0.1) is 0 Å². The Balaban J connectivity index is 0.000000521. The molecule has 1 aliphatic heterocycles. The number of carboxylic acids is 2. The second kappa shape index (κ2) is 15.9. The van der Waals surface area contributed by atoms with Crippen LogP contribution in [-0.4, -0.2) is 47.7 Å². The molecule has 0 radical (unpaired) electrons. The number of hydrogen-bond donors (Lipinski definition) is 5. The molecule has 0 spiro atoms. The smallest absolute Gasteiger partial charge is 0.303 e. The van der Waals surface area contributed by atoms with Gasteiger partial charge in [-0.3, -0.25) is 14.4 Å². The summed E-state index contributed by atoms with van der Waals surface area (Å²) in [6.07, 6.45) is 3.57. The number of anilines is 1. The lowest BCUT2D eigenvalue weighted by atomic mass is 10.0. The van der Waals surface area contributed by atoms with Crippen LogP contribution in [0.2, 0.25) is 5.02 Å². The van der Waals surface area contributed by atoms with Gasteiger partial charge in [-0.2, -0.15) is 0 Å². The number of nitrogens with one attached hydrogen (secondary N) is 3. The summed E-state index contributed by atoms with van der Waals surface area (Å²) in [6.45, 7) is 7.79. The lowest BCUT2D eigenvalue weighted by molar-refractivity contribution is -0.143. The molecule has 0 aliphatic carbocycles. The Kier molecular flexibility index (Phi) is 12.9. The molecule has 3 rings (SSSR count). The Labute approximate surface area is 223 Å². The number of carbonyl (C=O) groups is 3. The van der Waals surface area contributed by atoms with Crippen LogP contribution in [-0.2, 0) is 29.0 Å². The van der Waals surface area contributed by atoms with E-state index in [1.54, 1.807) is 0 Å². The van der Waals surface area contributed by atoms with E-state index in [9.17, 15) is 14.4 Å². The van der Waals surface area contributed by atoms with Crippen LogP contribution in [0.3, 0.4) is 0 Å². The Morgan fingerprint density at radius 1 is 0.973 bits per heavy atom. The Hall–Kier alpha value is -3.10. The highest BCUT2D eigenvalue weighted by Gasteiger charge is 2.15.